The van der Waals surface area contributed by atoms with Crippen LogP contribution in [0.4, 0.5) is 0 Å². The molecule has 0 amide bonds. The van der Waals surface area contributed by atoms with Crippen LogP contribution in [0.1, 0.15) is 50.4 Å². The lowest BCUT2D eigenvalue weighted by Crippen LogP contribution is -2.26. The quantitative estimate of drug-likeness (QED) is 0.800. The average molecular weight is 302 g/mol. The van der Waals surface area contributed by atoms with Crippen molar-refractivity contribution >= 4 is 27.3 Å². The minimum atomic E-state index is 0.491. The largest absolute Gasteiger partial charge is 0.309 e. The third kappa shape index (κ3) is 3.08. The van der Waals surface area contributed by atoms with E-state index in [1.165, 1.54) is 41.6 Å². The Kier molecular flexibility index (Phi) is 4.09. The molecule has 1 aliphatic carbocycles. The van der Waals surface area contributed by atoms with Gasteiger partial charge in [-0.05, 0) is 53.6 Å². The second-order valence-corrected chi connectivity index (χ2v) is 6.88. The van der Waals surface area contributed by atoms with Crippen LogP contribution in [0.5, 0.6) is 0 Å². The van der Waals surface area contributed by atoms with Gasteiger partial charge in [0.25, 0.3) is 0 Å². The van der Waals surface area contributed by atoms with Gasteiger partial charge < -0.3 is 5.32 Å². The molecule has 1 aromatic heterocycles. The first-order valence-corrected chi connectivity index (χ1v) is 7.80. The van der Waals surface area contributed by atoms with Crippen molar-refractivity contribution in [3.05, 3.63) is 20.8 Å². The summed E-state index contributed by atoms with van der Waals surface area (Å²) in [5, 5.41) is 5.85. The molecule has 1 saturated carbocycles. The Morgan fingerprint density at radius 3 is 2.81 bits per heavy atom. The average Bonchev–Trinajstić information content (AvgIpc) is 2.89. The molecule has 0 spiro atoms. The smallest absolute Gasteiger partial charge is 0.0386 e. The van der Waals surface area contributed by atoms with Crippen molar-refractivity contribution in [2.75, 3.05) is 6.54 Å². The maximum atomic E-state index is 3.69. The standard InChI is InChI=1S/C13H20BrNS/c1-3-4-13(5-6-13)9-15-10(2)12-7-11(14)8-16-12/h7-8,10,15H,3-6,9H2,1-2H3. The van der Waals surface area contributed by atoms with E-state index in [0.717, 1.165) is 0 Å². The van der Waals surface area contributed by atoms with Gasteiger partial charge in [-0.2, -0.15) is 0 Å². The third-order valence-corrected chi connectivity index (χ3v) is 5.41. The number of rotatable bonds is 6. The summed E-state index contributed by atoms with van der Waals surface area (Å²) in [7, 11) is 0. The van der Waals surface area contributed by atoms with E-state index >= 15 is 0 Å². The normalized spacial score (nSPS) is 19.7. The number of thiophene rings is 1. The number of hydrogen-bond donors (Lipinski definition) is 1. The Bertz CT molecular complexity index is 343. The molecular weight excluding hydrogens is 282 g/mol. The lowest BCUT2D eigenvalue weighted by atomic mass is 10.0. The zero-order chi connectivity index (χ0) is 11.6. The highest BCUT2D eigenvalue weighted by molar-refractivity contribution is 9.10. The summed E-state index contributed by atoms with van der Waals surface area (Å²) >= 11 is 5.34. The van der Waals surface area contributed by atoms with Crippen LogP contribution in [0.25, 0.3) is 0 Å². The topological polar surface area (TPSA) is 12.0 Å². The SMILES string of the molecule is CCCC1(CNC(C)c2cc(Br)cs2)CC1. The number of halogens is 1. The molecule has 1 aromatic rings. The van der Waals surface area contributed by atoms with E-state index < -0.39 is 0 Å². The second kappa shape index (κ2) is 5.19. The molecule has 1 aliphatic rings. The first kappa shape index (κ1) is 12.6. The minimum Gasteiger partial charge on any atom is -0.309 e. The first-order chi connectivity index (χ1) is 7.65. The molecule has 16 heavy (non-hydrogen) atoms. The lowest BCUT2D eigenvalue weighted by Gasteiger charge is -2.18. The predicted molar refractivity (Wildman–Crippen MR) is 75.0 cm³/mol. The van der Waals surface area contributed by atoms with E-state index in [2.05, 4.69) is 46.5 Å². The van der Waals surface area contributed by atoms with Crippen molar-refractivity contribution in [3.63, 3.8) is 0 Å². The van der Waals surface area contributed by atoms with Gasteiger partial charge in [0.2, 0.25) is 0 Å². The molecule has 1 nitrogen and oxygen atoms in total. The van der Waals surface area contributed by atoms with E-state index in [1.54, 1.807) is 0 Å². The Balaban J connectivity index is 1.82. The molecule has 1 fully saturated rings. The van der Waals surface area contributed by atoms with Crippen molar-refractivity contribution in [3.8, 4) is 0 Å². The van der Waals surface area contributed by atoms with Crippen molar-refractivity contribution in [2.45, 2.75) is 45.6 Å². The van der Waals surface area contributed by atoms with Gasteiger partial charge in [-0.25, -0.2) is 0 Å². The zero-order valence-corrected chi connectivity index (χ0v) is 12.5. The van der Waals surface area contributed by atoms with Gasteiger partial charge in [0, 0.05) is 27.3 Å². The summed E-state index contributed by atoms with van der Waals surface area (Å²) in [5.74, 6) is 0. The highest BCUT2D eigenvalue weighted by atomic mass is 79.9. The summed E-state index contributed by atoms with van der Waals surface area (Å²) in [6.45, 7) is 5.75. The molecular formula is C13H20BrNS. The summed E-state index contributed by atoms with van der Waals surface area (Å²) in [6, 6.07) is 2.72. The Hall–Kier alpha value is 0.140. The van der Waals surface area contributed by atoms with Crippen LogP contribution in [-0.2, 0) is 0 Å². The van der Waals surface area contributed by atoms with Crippen LogP contribution < -0.4 is 5.32 Å². The van der Waals surface area contributed by atoms with E-state index in [0.29, 0.717) is 11.5 Å². The highest BCUT2D eigenvalue weighted by Crippen LogP contribution is 2.49. The first-order valence-electron chi connectivity index (χ1n) is 6.12. The maximum absolute atomic E-state index is 3.69. The molecule has 1 unspecified atom stereocenters. The fraction of sp³-hybridized carbons (Fsp3) is 0.692. The van der Waals surface area contributed by atoms with Crippen LogP contribution in [0.2, 0.25) is 0 Å². The predicted octanol–water partition coefficient (Wildman–Crippen LogP) is 4.74. The van der Waals surface area contributed by atoms with E-state index in [1.807, 2.05) is 11.3 Å². The number of nitrogens with one attached hydrogen (secondary N) is 1. The molecule has 1 N–H and O–H groups in total. The summed E-state index contributed by atoms with van der Waals surface area (Å²) in [5.41, 5.74) is 0.650. The van der Waals surface area contributed by atoms with Crippen LogP contribution >= 0.6 is 27.3 Å². The molecule has 1 heterocycles. The van der Waals surface area contributed by atoms with Crippen molar-refractivity contribution in [1.82, 2.24) is 5.32 Å². The minimum absolute atomic E-state index is 0.491. The summed E-state index contributed by atoms with van der Waals surface area (Å²) in [6.07, 6.45) is 5.56. The van der Waals surface area contributed by atoms with Gasteiger partial charge in [0.05, 0.1) is 0 Å². The molecule has 90 valence electrons. The summed E-state index contributed by atoms with van der Waals surface area (Å²) < 4.78 is 1.20. The molecule has 0 aliphatic heterocycles. The lowest BCUT2D eigenvalue weighted by molar-refractivity contribution is 0.399. The third-order valence-electron chi connectivity index (χ3n) is 3.54. The van der Waals surface area contributed by atoms with Crippen molar-refractivity contribution in [2.24, 2.45) is 5.41 Å². The molecule has 0 saturated heterocycles. The highest BCUT2D eigenvalue weighted by Gasteiger charge is 2.41. The molecule has 3 heteroatoms. The van der Waals surface area contributed by atoms with Gasteiger partial charge in [0.15, 0.2) is 0 Å². The van der Waals surface area contributed by atoms with Crippen LogP contribution in [0.3, 0.4) is 0 Å². The maximum Gasteiger partial charge on any atom is 0.0386 e. The Morgan fingerprint density at radius 1 is 1.56 bits per heavy atom. The fourth-order valence-corrected chi connectivity index (χ4v) is 3.73. The van der Waals surface area contributed by atoms with Crippen LogP contribution in [0.15, 0.2) is 15.9 Å². The van der Waals surface area contributed by atoms with E-state index in [-0.39, 0.29) is 0 Å². The Morgan fingerprint density at radius 2 is 2.31 bits per heavy atom. The van der Waals surface area contributed by atoms with Crippen LogP contribution in [0, 0.1) is 5.41 Å². The Labute approximate surface area is 111 Å². The van der Waals surface area contributed by atoms with Gasteiger partial charge in [-0.1, -0.05) is 13.3 Å². The molecule has 0 bridgehead atoms. The molecule has 0 aromatic carbocycles. The zero-order valence-electron chi connectivity index (χ0n) is 10.1. The van der Waals surface area contributed by atoms with E-state index in [9.17, 15) is 0 Å². The molecule has 0 radical (unpaired) electrons. The monoisotopic (exact) mass is 301 g/mol. The summed E-state index contributed by atoms with van der Waals surface area (Å²) in [4.78, 5) is 1.43. The van der Waals surface area contributed by atoms with Crippen molar-refractivity contribution in [1.29, 1.82) is 0 Å². The van der Waals surface area contributed by atoms with Gasteiger partial charge in [-0.15, -0.1) is 11.3 Å². The van der Waals surface area contributed by atoms with Gasteiger partial charge in [0.1, 0.15) is 0 Å². The number of hydrogen-bond acceptors (Lipinski definition) is 2. The fourth-order valence-electron chi connectivity index (χ4n) is 2.25. The van der Waals surface area contributed by atoms with Crippen LogP contribution in [-0.4, -0.2) is 6.54 Å². The van der Waals surface area contributed by atoms with Crippen molar-refractivity contribution < 1.29 is 0 Å². The second-order valence-electron chi connectivity index (χ2n) is 5.02. The molecule has 1 atom stereocenters. The van der Waals surface area contributed by atoms with E-state index in [4.69, 9.17) is 0 Å². The molecule has 2 rings (SSSR count). The van der Waals surface area contributed by atoms with Gasteiger partial charge in [-0.3, -0.25) is 0 Å². The van der Waals surface area contributed by atoms with Gasteiger partial charge >= 0.3 is 0 Å².